The molecule has 0 aromatic heterocycles. The molecule has 0 atom stereocenters. The third-order valence-electron chi connectivity index (χ3n) is 3.39. The van der Waals surface area contributed by atoms with E-state index >= 15 is 0 Å². The van der Waals surface area contributed by atoms with Gasteiger partial charge in [-0.25, -0.2) is 0 Å². The van der Waals surface area contributed by atoms with Crippen molar-refractivity contribution < 1.29 is 4.74 Å². The second-order valence-electron chi connectivity index (χ2n) is 5.13. The summed E-state index contributed by atoms with van der Waals surface area (Å²) in [5.74, 6) is 0.992. The molecule has 0 saturated heterocycles. The van der Waals surface area contributed by atoms with Crippen LogP contribution in [0, 0.1) is 6.92 Å². The Morgan fingerprint density at radius 2 is 2.06 bits per heavy atom. The van der Waals surface area contributed by atoms with Crippen molar-refractivity contribution in [1.82, 2.24) is 0 Å². The summed E-state index contributed by atoms with van der Waals surface area (Å²) in [5, 5.41) is 0. The maximum absolute atomic E-state index is 5.84. The van der Waals surface area contributed by atoms with Gasteiger partial charge >= 0.3 is 0 Å². The molecular formula is C14H21NO. The second kappa shape index (κ2) is 4.10. The Morgan fingerprint density at radius 1 is 1.38 bits per heavy atom. The summed E-state index contributed by atoms with van der Waals surface area (Å²) < 4.78 is 5.74. The van der Waals surface area contributed by atoms with Crippen molar-refractivity contribution in [1.29, 1.82) is 0 Å². The fourth-order valence-corrected chi connectivity index (χ4v) is 2.13. The van der Waals surface area contributed by atoms with Gasteiger partial charge in [0.15, 0.2) is 0 Å². The lowest BCUT2D eigenvalue weighted by Gasteiger charge is -2.17. The minimum absolute atomic E-state index is 0.231. The van der Waals surface area contributed by atoms with Crippen LogP contribution in [-0.2, 0) is 5.41 Å². The van der Waals surface area contributed by atoms with Crippen LogP contribution in [0.15, 0.2) is 18.2 Å². The first-order valence-corrected chi connectivity index (χ1v) is 6.05. The highest BCUT2D eigenvalue weighted by atomic mass is 16.5. The SMILES string of the molecule is Cc1cc(C2(CN)CC2)ccc1OC(C)C. The van der Waals surface area contributed by atoms with Gasteiger partial charge in [0, 0.05) is 12.0 Å². The summed E-state index contributed by atoms with van der Waals surface area (Å²) in [4.78, 5) is 0. The molecule has 2 N–H and O–H groups in total. The van der Waals surface area contributed by atoms with Crippen molar-refractivity contribution in [3.63, 3.8) is 0 Å². The van der Waals surface area contributed by atoms with E-state index in [0.717, 1.165) is 12.3 Å². The smallest absolute Gasteiger partial charge is 0.122 e. The van der Waals surface area contributed by atoms with Gasteiger partial charge in [-0.05, 0) is 50.8 Å². The number of hydrogen-bond donors (Lipinski definition) is 1. The molecule has 2 rings (SSSR count). The van der Waals surface area contributed by atoms with Gasteiger partial charge in [0.1, 0.15) is 5.75 Å². The quantitative estimate of drug-likeness (QED) is 0.845. The summed E-state index contributed by atoms with van der Waals surface area (Å²) in [7, 11) is 0. The van der Waals surface area contributed by atoms with E-state index in [4.69, 9.17) is 10.5 Å². The van der Waals surface area contributed by atoms with Crippen LogP contribution in [0.4, 0.5) is 0 Å². The molecule has 0 bridgehead atoms. The monoisotopic (exact) mass is 219 g/mol. The third-order valence-corrected chi connectivity index (χ3v) is 3.39. The molecule has 0 unspecified atom stereocenters. The van der Waals surface area contributed by atoms with Gasteiger partial charge in [0.05, 0.1) is 6.10 Å². The van der Waals surface area contributed by atoms with Crippen molar-refractivity contribution >= 4 is 0 Å². The van der Waals surface area contributed by atoms with Crippen LogP contribution in [0.1, 0.15) is 37.8 Å². The van der Waals surface area contributed by atoms with Crippen LogP contribution in [-0.4, -0.2) is 12.6 Å². The van der Waals surface area contributed by atoms with Crippen LogP contribution in [0.3, 0.4) is 0 Å². The predicted octanol–water partition coefficient (Wildman–Crippen LogP) is 2.77. The summed E-state index contributed by atoms with van der Waals surface area (Å²) >= 11 is 0. The van der Waals surface area contributed by atoms with Crippen LogP contribution < -0.4 is 10.5 Å². The van der Waals surface area contributed by atoms with Crippen molar-refractivity contribution in [2.75, 3.05) is 6.54 Å². The molecule has 1 aromatic rings. The molecular weight excluding hydrogens is 198 g/mol. The lowest BCUT2D eigenvalue weighted by Crippen LogP contribution is -2.19. The highest BCUT2D eigenvalue weighted by molar-refractivity contribution is 5.42. The molecule has 1 aromatic carbocycles. The first-order valence-electron chi connectivity index (χ1n) is 6.05. The molecule has 16 heavy (non-hydrogen) atoms. The van der Waals surface area contributed by atoms with Gasteiger partial charge in [-0.2, -0.15) is 0 Å². The Bertz CT molecular complexity index is 380. The molecule has 0 aliphatic heterocycles. The Morgan fingerprint density at radius 3 is 2.50 bits per heavy atom. The lowest BCUT2D eigenvalue weighted by molar-refractivity contribution is 0.240. The maximum Gasteiger partial charge on any atom is 0.122 e. The van der Waals surface area contributed by atoms with Gasteiger partial charge in [-0.1, -0.05) is 12.1 Å². The Balaban J connectivity index is 2.23. The van der Waals surface area contributed by atoms with E-state index in [1.54, 1.807) is 0 Å². The van der Waals surface area contributed by atoms with E-state index in [2.05, 4.69) is 39.0 Å². The highest BCUT2D eigenvalue weighted by Gasteiger charge is 2.42. The first-order chi connectivity index (χ1) is 7.57. The van der Waals surface area contributed by atoms with Gasteiger partial charge in [0.25, 0.3) is 0 Å². The average Bonchev–Trinajstić information content (AvgIpc) is 3.01. The van der Waals surface area contributed by atoms with Crippen molar-refractivity contribution in [3.8, 4) is 5.75 Å². The average molecular weight is 219 g/mol. The van der Waals surface area contributed by atoms with Crippen LogP contribution in [0.25, 0.3) is 0 Å². The lowest BCUT2D eigenvalue weighted by atomic mass is 9.94. The summed E-state index contributed by atoms with van der Waals surface area (Å²) in [6, 6.07) is 6.49. The van der Waals surface area contributed by atoms with E-state index in [1.807, 2.05) is 0 Å². The van der Waals surface area contributed by atoms with Crippen LogP contribution in [0.5, 0.6) is 5.75 Å². The van der Waals surface area contributed by atoms with Crippen LogP contribution in [0.2, 0.25) is 0 Å². The van der Waals surface area contributed by atoms with Gasteiger partial charge < -0.3 is 10.5 Å². The van der Waals surface area contributed by atoms with Gasteiger partial charge in [0.2, 0.25) is 0 Å². The number of benzene rings is 1. The van der Waals surface area contributed by atoms with Gasteiger partial charge in [-0.15, -0.1) is 0 Å². The van der Waals surface area contributed by atoms with Crippen molar-refractivity contribution in [2.24, 2.45) is 5.73 Å². The third kappa shape index (κ3) is 2.07. The van der Waals surface area contributed by atoms with Crippen molar-refractivity contribution in [3.05, 3.63) is 29.3 Å². The number of hydrogen-bond acceptors (Lipinski definition) is 2. The number of rotatable bonds is 4. The molecule has 88 valence electrons. The molecule has 1 aliphatic rings. The maximum atomic E-state index is 5.84. The van der Waals surface area contributed by atoms with E-state index in [1.165, 1.54) is 24.0 Å². The molecule has 2 heteroatoms. The minimum atomic E-state index is 0.231. The Kier molecular flexibility index (Phi) is 2.94. The van der Waals surface area contributed by atoms with Crippen LogP contribution >= 0.6 is 0 Å². The number of ether oxygens (including phenoxy) is 1. The molecule has 1 aliphatic carbocycles. The molecule has 1 fully saturated rings. The molecule has 0 radical (unpaired) electrons. The zero-order chi connectivity index (χ0) is 11.8. The first kappa shape index (κ1) is 11.5. The molecule has 0 heterocycles. The molecule has 1 saturated carbocycles. The second-order valence-corrected chi connectivity index (χ2v) is 5.13. The van der Waals surface area contributed by atoms with E-state index in [-0.39, 0.29) is 11.5 Å². The van der Waals surface area contributed by atoms with E-state index in [0.29, 0.717) is 0 Å². The Labute approximate surface area is 97.8 Å². The molecule has 0 spiro atoms. The minimum Gasteiger partial charge on any atom is -0.491 e. The molecule has 2 nitrogen and oxygen atoms in total. The normalized spacial score (nSPS) is 17.6. The predicted molar refractivity (Wildman–Crippen MR) is 66.9 cm³/mol. The summed E-state index contributed by atoms with van der Waals surface area (Å²) in [6.45, 7) is 6.97. The van der Waals surface area contributed by atoms with Gasteiger partial charge in [-0.3, -0.25) is 0 Å². The standard InChI is InChI=1S/C14H21NO/c1-10(2)16-13-5-4-12(8-11(13)3)14(9-15)6-7-14/h4-5,8,10H,6-7,9,15H2,1-3H3. The van der Waals surface area contributed by atoms with E-state index in [9.17, 15) is 0 Å². The fourth-order valence-electron chi connectivity index (χ4n) is 2.13. The summed E-state index contributed by atoms with van der Waals surface area (Å²) in [6.07, 6.45) is 2.69. The largest absolute Gasteiger partial charge is 0.491 e. The highest BCUT2D eigenvalue weighted by Crippen LogP contribution is 2.47. The number of aryl methyl sites for hydroxylation is 1. The van der Waals surface area contributed by atoms with E-state index < -0.39 is 0 Å². The molecule has 0 amide bonds. The zero-order valence-corrected chi connectivity index (χ0v) is 10.4. The fraction of sp³-hybridized carbons (Fsp3) is 0.571. The topological polar surface area (TPSA) is 35.2 Å². The number of nitrogens with two attached hydrogens (primary N) is 1. The summed E-state index contributed by atoms with van der Waals surface area (Å²) in [5.41, 5.74) is 8.71. The Hall–Kier alpha value is -1.02. The van der Waals surface area contributed by atoms with Crippen molar-refractivity contribution in [2.45, 2.75) is 45.1 Å². The zero-order valence-electron chi connectivity index (χ0n) is 10.4.